The zero-order valence-corrected chi connectivity index (χ0v) is 19.5. The number of anilines is 2. The number of aromatic amines is 1. The minimum atomic E-state index is -0.717. The first-order chi connectivity index (χ1) is 16.5. The maximum atomic E-state index is 13.2. The third-order valence-electron chi connectivity index (χ3n) is 5.20. The summed E-state index contributed by atoms with van der Waals surface area (Å²) in [5, 5.41) is 0. The van der Waals surface area contributed by atoms with Crippen LogP contribution in [0.5, 0.6) is 11.5 Å². The second-order valence-corrected chi connectivity index (χ2v) is 7.63. The van der Waals surface area contributed by atoms with E-state index in [9.17, 15) is 14.4 Å². The van der Waals surface area contributed by atoms with Crippen molar-refractivity contribution in [2.24, 2.45) is 0 Å². The summed E-state index contributed by atoms with van der Waals surface area (Å²) in [6, 6.07) is 16.3. The fourth-order valence-electron chi connectivity index (χ4n) is 3.50. The molecule has 0 atom stereocenters. The average Bonchev–Trinajstić information content (AvgIpc) is 2.83. The second kappa shape index (κ2) is 11.7. The van der Waals surface area contributed by atoms with Gasteiger partial charge < -0.3 is 20.1 Å². The molecule has 2 aromatic carbocycles. The topological polar surface area (TPSA) is 120 Å². The molecule has 1 amide bonds. The number of unbranched alkanes of at least 4 members (excludes halogenated alkanes) is 1. The standard InChI is InChI=1S/C25H30N4O5/c1-3-5-15-28(21(30)17-34-20-14-10-9-13-19(20)33-4-2)22-23(26)29(25(32)27-24(22)31)16-18-11-7-6-8-12-18/h6-14H,3-5,15-17,26H2,1-2H3,(H,27,31,32). The van der Waals surface area contributed by atoms with Crippen molar-refractivity contribution in [1.82, 2.24) is 9.55 Å². The fourth-order valence-corrected chi connectivity index (χ4v) is 3.50. The number of aromatic nitrogens is 2. The van der Waals surface area contributed by atoms with E-state index >= 15 is 0 Å². The quantitative estimate of drug-likeness (QED) is 0.448. The van der Waals surface area contributed by atoms with Crippen LogP contribution in [0, 0.1) is 0 Å². The number of ether oxygens (including phenoxy) is 2. The average molecular weight is 467 g/mol. The molecule has 0 aliphatic heterocycles. The van der Waals surface area contributed by atoms with Gasteiger partial charge in [-0.15, -0.1) is 0 Å². The molecule has 0 aliphatic carbocycles. The summed E-state index contributed by atoms with van der Waals surface area (Å²) >= 11 is 0. The van der Waals surface area contributed by atoms with Crippen molar-refractivity contribution < 1.29 is 14.3 Å². The van der Waals surface area contributed by atoms with E-state index in [-0.39, 0.29) is 31.2 Å². The van der Waals surface area contributed by atoms with Gasteiger partial charge in [0.25, 0.3) is 11.5 Å². The van der Waals surface area contributed by atoms with Gasteiger partial charge >= 0.3 is 5.69 Å². The van der Waals surface area contributed by atoms with E-state index in [0.717, 1.165) is 12.0 Å². The number of nitrogen functional groups attached to an aromatic ring is 1. The Balaban J connectivity index is 1.92. The number of para-hydroxylation sites is 2. The summed E-state index contributed by atoms with van der Waals surface area (Å²) in [7, 11) is 0. The van der Waals surface area contributed by atoms with E-state index in [1.54, 1.807) is 18.2 Å². The third-order valence-corrected chi connectivity index (χ3v) is 5.20. The lowest BCUT2D eigenvalue weighted by Crippen LogP contribution is -2.43. The van der Waals surface area contributed by atoms with Gasteiger partial charge in [-0.3, -0.25) is 19.1 Å². The molecule has 34 heavy (non-hydrogen) atoms. The molecule has 0 radical (unpaired) electrons. The molecule has 3 aromatic rings. The summed E-state index contributed by atoms with van der Waals surface area (Å²) in [6.07, 6.45) is 1.43. The summed E-state index contributed by atoms with van der Waals surface area (Å²) < 4.78 is 12.5. The van der Waals surface area contributed by atoms with Crippen LogP contribution in [0.25, 0.3) is 0 Å². The summed E-state index contributed by atoms with van der Waals surface area (Å²) in [6.45, 7) is 4.36. The van der Waals surface area contributed by atoms with Crippen LogP contribution in [0.1, 0.15) is 32.3 Å². The number of rotatable bonds is 11. The Labute approximate surface area is 197 Å². The lowest BCUT2D eigenvalue weighted by molar-refractivity contribution is -0.120. The Morgan fingerprint density at radius 2 is 1.65 bits per heavy atom. The molecule has 0 spiro atoms. The SMILES string of the molecule is CCCCN(C(=O)COc1ccccc1OCC)c1c(N)n(Cc2ccccc2)c(=O)[nH]c1=O. The van der Waals surface area contributed by atoms with Crippen LogP contribution in [-0.4, -0.2) is 35.2 Å². The van der Waals surface area contributed by atoms with Gasteiger partial charge in [-0.2, -0.15) is 0 Å². The molecule has 0 aliphatic rings. The fraction of sp³-hybridized carbons (Fsp3) is 0.320. The summed E-state index contributed by atoms with van der Waals surface area (Å²) in [5.41, 5.74) is 5.72. The number of benzene rings is 2. The Hall–Kier alpha value is -4.01. The molecule has 1 heterocycles. The van der Waals surface area contributed by atoms with E-state index in [0.29, 0.717) is 24.5 Å². The minimum absolute atomic E-state index is 0.0596. The second-order valence-electron chi connectivity index (χ2n) is 7.63. The molecular weight excluding hydrogens is 436 g/mol. The Kier molecular flexibility index (Phi) is 8.50. The monoisotopic (exact) mass is 466 g/mol. The maximum absolute atomic E-state index is 13.2. The van der Waals surface area contributed by atoms with Crippen molar-refractivity contribution in [1.29, 1.82) is 0 Å². The summed E-state index contributed by atoms with van der Waals surface area (Å²) in [5.74, 6) is 0.411. The Morgan fingerprint density at radius 3 is 2.29 bits per heavy atom. The number of nitrogens with zero attached hydrogens (tertiary/aromatic N) is 2. The number of amides is 1. The number of hydrogen-bond donors (Lipinski definition) is 2. The number of carbonyl (C=O) groups excluding carboxylic acids is 1. The largest absolute Gasteiger partial charge is 0.490 e. The molecule has 180 valence electrons. The first kappa shape index (κ1) is 24.6. The lowest BCUT2D eigenvalue weighted by atomic mass is 10.2. The highest BCUT2D eigenvalue weighted by Gasteiger charge is 2.24. The van der Waals surface area contributed by atoms with Crippen LogP contribution in [-0.2, 0) is 11.3 Å². The number of carbonyl (C=O) groups is 1. The van der Waals surface area contributed by atoms with Crippen molar-refractivity contribution in [2.45, 2.75) is 33.2 Å². The van der Waals surface area contributed by atoms with Gasteiger partial charge in [0.15, 0.2) is 23.8 Å². The molecule has 1 aromatic heterocycles. The van der Waals surface area contributed by atoms with Gasteiger partial charge in [-0.05, 0) is 31.0 Å². The predicted molar refractivity (Wildman–Crippen MR) is 132 cm³/mol. The van der Waals surface area contributed by atoms with Crippen molar-refractivity contribution in [3.63, 3.8) is 0 Å². The predicted octanol–water partition coefficient (Wildman–Crippen LogP) is 2.78. The van der Waals surface area contributed by atoms with E-state index in [1.807, 2.05) is 50.2 Å². The molecule has 3 N–H and O–H groups in total. The molecule has 0 bridgehead atoms. The van der Waals surface area contributed by atoms with Gasteiger partial charge in [-0.25, -0.2) is 4.79 Å². The molecule has 0 unspecified atom stereocenters. The normalized spacial score (nSPS) is 10.6. The number of hydrogen-bond acceptors (Lipinski definition) is 6. The molecule has 0 saturated heterocycles. The number of nitrogens with two attached hydrogens (primary N) is 1. The van der Waals surface area contributed by atoms with Crippen LogP contribution >= 0.6 is 0 Å². The molecule has 9 heteroatoms. The van der Waals surface area contributed by atoms with Crippen LogP contribution in [0.4, 0.5) is 11.5 Å². The van der Waals surface area contributed by atoms with Crippen LogP contribution < -0.4 is 31.4 Å². The maximum Gasteiger partial charge on any atom is 0.330 e. The zero-order chi connectivity index (χ0) is 24.5. The molecule has 0 fully saturated rings. The Bertz CT molecular complexity index is 1220. The summed E-state index contributed by atoms with van der Waals surface area (Å²) in [4.78, 5) is 42.1. The third kappa shape index (κ3) is 5.86. The minimum Gasteiger partial charge on any atom is -0.490 e. The van der Waals surface area contributed by atoms with Crippen LogP contribution in [0.3, 0.4) is 0 Å². The van der Waals surface area contributed by atoms with Crippen molar-refractivity contribution in [3.8, 4) is 11.5 Å². The lowest BCUT2D eigenvalue weighted by Gasteiger charge is -2.24. The molecule has 3 rings (SSSR count). The van der Waals surface area contributed by atoms with Crippen LogP contribution in [0.2, 0.25) is 0 Å². The number of nitrogens with one attached hydrogen (secondary N) is 1. The van der Waals surface area contributed by atoms with Crippen molar-refractivity contribution in [2.75, 3.05) is 30.4 Å². The smallest absolute Gasteiger partial charge is 0.330 e. The van der Waals surface area contributed by atoms with Gasteiger partial charge in [-0.1, -0.05) is 55.8 Å². The highest BCUT2D eigenvalue weighted by Crippen LogP contribution is 2.27. The zero-order valence-electron chi connectivity index (χ0n) is 19.5. The van der Waals surface area contributed by atoms with Crippen molar-refractivity contribution in [3.05, 3.63) is 81.0 Å². The number of H-pyrrole nitrogens is 1. The van der Waals surface area contributed by atoms with E-state index in [4.69, 9.17) is 15.2 Å². The highest BCUT2D eigenvalue weighted by molar-refractivity contribution is 5.96. The Morgan fingerprint density at radius 1 is 1.00 bits per heavy atom. The first-order valence-corrected chi connectivity index (χ1v) is 11.3. The van der Waals surface area contributed by atoms with Gasteiger partial charge in [0.2, 0.25) is 0 Å². The van der Waals surface area contributed by atoms with Crippen LogP contribution in [0.15, 0.2) is 64.2 Å². The highest BCUT2D eigenvalue weighted by atomic mass is 16.5. The van der Waals surface area contributed by atoms with E-state index in [2.05, 4.69) is 4.98 Å². The molecule has 9 nitrogen and oxygen atoms in total. The van der Waals surface area contributed by atoms with E-state index < -0.39 is 17.2 Å². The molecular formula is C25H30N4O5. The van der Waals surface area contributed by atoms with Gasteiger partial charge in [0.1, 0.15) is 5.82 Å². The van der Waals surface area contributed by atoms with Gasteiger partial charge in [0.05, 0.1) is 13.2 Å². The van der Waals surface area contributed by atoms with E-state index in [1.165, 1.54) is 9.47 Å². The first-order valence-electron chi connectivity index (χ1n) is 11.3. The molecule has 0 saturated carbocycles. The van der Waals surface area contributed by atoms with Gasteiger partial charge in [0, 0.05) is 6.54 Å². The van der Waals surface area contributed by atoms with Crippen molar-refractivity contribution >= 4 is 17.4 Å².